The third kappa shape index (κ3) is 14.0. The number of allylic oxidation sites excluding steroid dienone is 7. The van der Waals surface area contributed by atoms with Gasteiger partial charge in [0.1, 0.15) is 0 Å². The van der Waals surface area contributed by atoms with Gasteiger partial charge < -0.3 is 4.74 Å². The van der Waals surface area contributed by atoms with Gasteiger partial charge in [-0.05, 0) is 35.6 Å². The van der Waals surface area contributed by atoms with Gasteiger partial charge in [0, 0.05) is 34.1 Å². The second-order valence-electron chi connectivity index (χ2n) is 7.02. The van der Waals surface area contributed by atoms with Gasteiger partial charge in [-0.25, -0.2) is 0 Å². The van der Waals surface area contributed by atoms with Crippen LogP contribution in [0.15, 0.2) is 163 Å². The first kappa shape index (κ1) is 29.0. The maximum atomic E-state index is 4.34. The minimum absolute atomic E-state index is 0.821. The molecule has 0 heterocycles. The molecule has 2 heteroatoms. The smallest absolute Gasteiger partial charge is 0.260 e. The second-order valence-corrected chi connectivity index (χ2v) is 8.16. The molecule has 0 bridgehead atoms. The number of ether oxygens (including phenoxy) is 1. The van der Waals surface area contributed by atoms with Crippen LogP contribution in [-0.4, -0.2) is 4.74 Å². The number of aliphatic hydroxyl groups is 1. The van der Waals surface area contributed by atoms with Gasteiger partial charge in [-0.2, -0.15) is 0 Å². The molecular weight excluding hydrogens is 444 g/mol. The van der Waals surface area contributed by atoms with Gasteiger partial charge in [0.25, 0.3) is 11.5 Å². The number of rotatable bonds is 8. The van der Waals surface area contributed by atoms with Gasteiger partial charge in [0.05, 0.1) is 0 Å². The van der Waals surface area contributed by atoms with Gasteiger partial charge in [-0.15, -0.1) is 0 Å². The second kappa shape index (κ2) is 18.4. The number of aromatic hydroxyl groups is 1. The van der Waals surface area contributed by atoms with Crippen LogP contribution in [0.5, 0.6) is 5.75 Å². The normalized spacial score (nSPS) is 10.8. The number of hydrogen-bond acceptors (Lipinski definition) is 1. The molecule has 0 radical (unpaired) electrons. The largest absolute Gasteiger partial charge is 0.546 e. The highest BCUT2D eigenvalue weighted by Crippen LogP contribution is 2.26. The summed E-state index contributed by atoms with van der Waals surface area (Å²) in [6.45, 7) is 20.5. The minimum atomic E-state index is 0.821. The SMILES string of the molecule is C=C/C=C(\C=C)[OH+]c1ccccc1.C=C/C=C(\C=C/C)Sc1ccccc1.C=c1ccc(=C)cc1. The van der Waals surface area contributed by atoms with Crippen molar-refractivity contribution in [3.8, 4) is 5.75 Å². The monoisotopic (exact) mass is 479 g/mol. The van der Waals surface area contributed by atoms with E-state index >= 15 is 0 Å². The van der Waals surface area contributed by atoms with Crippen molar-refractivity contribution in [3.05, 3.63) is 168 Å². The van der Waals surface area contributed by atoms with Crippen molar-refractivity contribution >= 4 is 24.9 Å². The van der Waals surface area contributed by atoms with Crippen LogP contribution in [0.3, 0.4) is 0 Å². The zero-order valence-electron chi connectivity index (χ0n) is 20.5. The molecule has 1 nitrogen and oxygen atoms in total. The molecule has 3 aromatic rings. The highest BCUT2D eigenvalue weighted by Gasteiger charge is 1.99. The summed E-state index contributed by atoms with van der Waals surface area (Å²) in [6, 6.07) is 27.9. The molecular formula is C33H35OS+. The fraction of sp³-hybridized carbons (Fsp3) is 0.0303. The Labute approximate surface area is 215 Å². The average Bonchev–Trinajstić information content (AvgIpc) is 2.88. The van der Waals surface area contributed by atoms with E-state index in [4.69, 9.17) is 0 Å². The summed E-state index contributed by atoms with van der Waals surface area (Å²) in [5.74, 6) is 1.75. The Morgan fingerprint density at radius 3 is 1.69 bits per heavy atom. The lowest BCUT2D eigenvalue weighted by atomic mass is 10.3. The molecule has 178 valence electrons. The molecule has 35 heavy (non-hydrogen) atoms. The van der Waals surface area contributed by atoms with Crippen molar-refractivity contribution in [1.29, 1.82) is 0 Å². The molecule has 3 rings (SSSR count). The lowest BCUT2D eigenvalue weighted by molar-refractivity contribution is 0.167. The first-order valence-corrected chi connectivity index (χ1v) is 12.0. The third-order valence-corrected chi connectivity index (χ3v) is 5.14. The van der Waals surface area contributed by atoms with Gasteiger partial charge in [0.15, 0.2) is 0 Å². The first-order chi connectivity index (χ1) is 17.0. The predicted molar refractivity (Wildman–Crippen MR) is 159 cm³/mol. The van der Waals surface area contributed by atoms with Crippen molar-refractivity contribution in [3.63, 3.8) is 0 Å². The summed E-state index contributed by atoms with van der Waals surface area (Å²) in [5, 5.41) is 2.08. The summed E-state index contributed by atoms with van der Waals surface area (Å²) >= 11 is 1.74. The van der Waals surface area contributed by atoms with E-state index in [0.29, 0.717) is 0 Å². The Kier molecular flexibility index (Phi) is 15.3. The van der Waals surface area contributed by atoms with Gasteiger partial charge in [-0.3, -0.25) is 0 Å². The van der Waals surface area contributed by atoms with Crippen molar-refractivity contribution in [2.24, 2.45) is 0 Å². The molecule has 0 aliphatic carbocycles. The summed E-state index contributed by atoms with van der Waals surface area (Å²) in [5.41, 5.74) is 0. The molecule has 0 unspecified atom stereocenters. The highest BCUT2D eigenvalue weighted by atomic mass is 32.2. The number of para-hydroxylation sites is 1. The molecule has 0 amide bonds. The maximum absolute atomic E-state index is 4.34. The third-order valence-electron chi connectivity index (χ3n) is 4.13. The Hall–Kier alpha value is -4.01. The Morgan fingerprint density at radius 1 is 0.714 bits per heavy atom. The van der Waals surface area contributed by atoms with E-state index in [2.05, 4.69) is 55.8 Å². The summed E-state index contributed by atoms with van der Waals surface area (Å²) in [7, 11) is 0. The fourth-order valence-corrected chi connectivity index (χ4v) is 3.42. The predicted octanol–water partition coefficient (Wildman–Crippen LogP) is 8.12. The van der Waals surface area contributed by atoms with Crippen LogP contribution < -0.4 is 10.4 Å². The number of benzene rings is 3. The van der Waals surface area contributed by atoms with Crippen LogP contribution in [0.25, 0.3) is 13.2 Å². The molecule has 3 aromatic carbocycles. The first-order valence-electron chi connectivity index (χ1n) is 11.2. The zero-order chi connectivity index (χ0) is 25.7. The van der Waals surface area contributed by atoms with E-state index in [-0.39, 0.29) is 0 Å². The van der Waals surface area contributed by atoms with Crippen molar-refractivity contribution in [2.75, 3.05) is 0 Å². The van der Waals surface area contributed by atoms with Crippen molar-refractivity contribution in [2.45, 2.75) is 11.8 Å². The van der Waals surface area contributed by atoms with E-state index in [0.717, 1.165) is 21.9 Å². The van der Waals surface area contributed by atoms with Crippen LogP contribution in [0.2, 0.25) is 0 Å². The molecule has 0 aliphatic heterocycles. The Morgan fingerprint density at radius 2 is 1.23 bits per heavy atom. The quantitative estimate of drug-likeness (QED) is 0.138. The van der Waals surface area contributed by atoms with Crippen LogP contribution in [0, 0.1) is 0 Å². The zero-order valence-corrected chi connectivity index (χ0v) is 21.3. The molecule has 0 spiro atoms. The molecule has 0 saturated carbocycles. The van der Waals surface area contributed by atoms with E-state index < -0.39 is 0 Å². The van der Waals surface area contributed by atoms with Gasteiger partial charge in [0.2, 0.25) is 0 Å². The van der Waals surface area contributed by atoms with Crippen LogP contribution >= 0.6 is 11.8 Å². The molecule has 1 N–H and O–H groups in total. The van der Waals surface area contributed by atoms with Crippen LogP contribution in [0.4, 0.5) is 0 Å². The summed E-state index contributed by atoms with van der Waals surface area (Å²) < 4.78 is 4.34. The van der Waals surface area contributed by atoms with Gasteiger partial charge >= 0.3 is 0 Å². The van der Waals surface area contributed by atoms with Gasteiger partial charge in [-0.1, -0.05) is 130 Å². The van der Waals surface area contributed by atoms with Crippen LogP contribution in [-0.2, 0) is 0 Å². The highest BCUT2D eigenvalue weighted by molar-refractivity contribution is 8.03. The Balaban J connectivity index is 0.000000272. The van der Waals surface area contributed by atoms with Crippen molar-refractivity contribution in [1.82, 2.24) is 0 Å². The van der Waals surface area contributed by atoms with E-state index in [9.17, 15) is 0 Å². The van der Waals surface area contributed by atoms with Crippen molar-refractivity contribution < 1.29 is 4.74 Å². The standard InChI is InChI=1S/C13H14S.C12H12O.C8H8/c1-3-8-12(9-4-2)14-13-10-6-5-7-11-13;1-3-8-11(4-2)13-12-9-6-5-7-10-12;1-7-3-5-8(2)6-4-7/h3-11H,1H2,2H3;3-10H,1-2H2;3-6H,1-2H2/p+1/b9-4-,12-8+;11-8+;. The molecule has 0 atom stereocenters. The molecule has 0 aromatic heterocycles. The summed E-state index contributed by atoms with van der Waals surface area (Å²) in [6.07, 6.45) is 13.2. The lowest BCUT2D eigenvalue weighted by Gasteiger charge is -2.00. The van der Waals surface area contributed by atoms with E-state index in [1.54, 1.807) is 23.9 Å². The van der Waals surface area contributed by atoms with Crippen LogP contribution in [0.1, 0.15) is 6.92 Å². The molecule has 0 fully saturated rings. The number of hydrogen-bond donors (Lipinski definition) is 0. The molecule has 0 aliphatic rings. The fourth-order valence-electron chi connectivity index (χ4n) is 2.49. The lowest BCUT2D eigenvalue weighted by Crippen LogP contribution is -2.02. The maximum Gasteiger partial charge on any atom is 0.260 e. The topological polar surface area (TPSA) is 12.8 Å². The average molecular weight is 480 g/mol. The van der Waals surface area contributed by atoms with E-state index in [1.165, 1.54) is 9.80 Å². The number of thioether (sulfide) groups is 1. The Bertz CT molecular complexity index is 1170. The summed E-state index contributed by atoms with van der Waals surface area (Å²) in [4.78, 5) is 2.45. The van der Waals surface area contributed by atoms with E-state index in [1.807, 2.05) is 104 Å². The molecule has 0 saturated heterocycles. The minimum Gasteiger partial charge on any atom is -0.546 e.